The molecule has 0 rings (SSSR count). The molecular weight excluding hydrogens is 1310 g/mol. The molecule has 0 spiro atoms. The molecule has 19 heteroatoms. The summed E-state index contributed by atoms with van der Waals surface area (Å²) in [7, 11) is -9.93. The Balaban J connectivity index is 5.28. The average Bonchev–Trinajstić information content (AvgIpc) is 0.938. The minimum Gasteiger partial charge on any atom is -0.462 e. The van der Waals surface area contributed by atoms with Crippen LogP contribution in [-0.2, 0) is 65.4 Å². The summed E-state index contributed by atoms with van der Waals surface area (Å²) in [5, 5.41) is 10.6. The van der Waals surface area contributed by atoms with Crippen LogP contribution < -0.4 is 0 Å². The quantitative estimate of drug-likeness (QED) is 0.0169. The average molecular weight is 1460 g/mol. The number of carbonyl (C=O) groups excluding carboxylic acids is 4. The number of phosphoric acid groups is 2. The summed E-state index contributed by atoms with van der Waals surface area (Å²) < 4.78 is 68.7. The Kier molecular flexibility index (Phi) is 71.6. The number of aliphatic hydroxyl groups excluding tert-OH is 1. The standard InChI is InChI=1S/C81H154O17P2/c1-6-10-13-16-19-22-25-28-30-31-32-33-34-36-39-42-45-52-57-62-67-81(86)97-76(70-91-78(83)64-59-54-49-43-40-38-35-29-26-23-20-17-14-11-7-2)72-95-99(87,88)93-68-75(82)69-94-100(89,90)96-73-77(71-92-79(84)65-60-55-50-47-46-48-53-58-63-74(5)9-4)98-80(85)66-61-56-51-44-41-37-27-24-21-18-15-12-8-3/h23,26,29,35,74-77,82H,6-22,24-25,27-28,30-34,36-73H2,1-5H3,(H,87,88)(H,89,90)/b26-23-,35-29-/t74?,75-,76-,77-/m1/s1. The van der Waals surface area contributed by atoms with E-state index in [4.69, 9.17) is 37.0 Å². The molecule has 590 valence electrons. The first-order valence-electron chi connectivity index (χ1n) is 41.5. The van der Waals surface area contributed by atoms with Crippen molar-refractivity contribution in [2.24, 2.45) is 5.92 Å². The van der Waals surface area contributed by atoms with E-state index in [-0.39, 0.29) is 25.7 Å². The molecule has 0 bridgehead atoms. The third-order valence-corrected chi connectivity index (χ3v) is 20.7. The van der Waals surface area contributed by atoms with Crippen LogP contribution in [-0.4, -0.2) is 96.7 Å². The second-order valence-electron chi connectivity index (χ2n) is 28.7. The van der Waals surface area contributed by atoms with Crippen LogP contribution in [0.4, 0.5) is 0 Å². The molecule has 0 aliphatic rings. The molecule has 0 amide bonds. The van der Waals surface area contributed by atoms with Crippen molar-refractivity contribution >= 4 is 39.5 Å². The Morgan fingerprint density at radius 3 is 0.850 bits per heavy atom. The lowest BCUT2D eigenvalue weighted by molar-refractivity contribution is -0.161. The van der Waals surface area contributed by atoms with E-state index in [0.717, 1.165) is 115 Å². The number of ether oxygens (including phenoxy) is 4. The molecule has 0 saturated heterocycles. The fourth-order valence-electron chi connectivity index (χ4n) is 12.0. The van der Waals surface area contributed by atoms with Gasteiger partial charge in [0.15, 0.2) is 12.2 Å². The molecule has 0 heterocycles. The number of hydrogen-bond donors (Lipinski definition) is 3. The summed E-state index contributed by atoms with van der Waals surface area (Å²) >= 11 is 0. The summed E-state index contributed by atoms with van der Waals surface area (Å²) in [5.74, 6) is -1.36. The van der Waals surface area contributed by atoms with Gasteiger partial charge >= 0.3 is 39.5 Å². The molecule has 0 aliphatic carbocycles. The fourth-order valence-corrected chi connectivity index (χ4v) is 13.6. The maximum absolute atomic E-state index is 13.1. The number of hydrogen-bond acceptors (Lipinski definition) is 15. The van der Waals surface area contributed by atoms with Crippen LogP contribution >= 0.6 is 15.6 Å². The largest absolute Gasteiger partial charge is 0.472 e. The van der Waals surface area contributed by atoms with Crippen LogP contribution in [0, 0.1) is 5.92 Å². The van der Waals surface area contributed by atoms with Gasteiger partial charge in [-0.05, 0) is 57.3 Å². The Labute approximate surface area is 612 Å². The topological polar surface area (TPSA) is 237 Å². The van der Waals surface area contributed by atoms with Gasteiger partial charge in [0.05, 0.1) is 26.4 Å². The SMILES string of the molecule is CCCCCC/C=C\C=C/CCCCCCCC(=O)OC[C@H](COP(=O)(O)OC[C@@H](O)COP(=O)(O)OC[C@@H](COC(=O)CCCCCCCCCCC(C)CC)OC(=O)CCCCCCCCCCCCCCC)OC(=O)CCCCCCCCCCCCCCCCCCCCCC. The smallest absolute Gasteiger partial charge is 0.462 e. The van der Waals surface area contributed by atoms with Crippen molar-refractivity contribution in [3.8, 4) is 0 Å². The molecule has 0 aliphatic heterocycles. The Morgan fingerprint density at radius 2 is 0.560 bits per heavy atom. The molecule has 0 fully saturated rings. The summed E-state index contributed by atoms with van der Waals surface area (Å²) in [5.41, 5.74) is 0. The highest BCUT2D eigenvalue weighted by Gasteiger charge is 2.30. The van der Waals surface area contributed by atoms with Crippen molar-refractivity contribution in [1.82, 2.24) is 0 Å². The first-order valence-corrected chi connectivity index (χ1v) is 44.5. The van der Waals surface area contributed by atoms with E-state index < -0.39 is 97.5 Å². The zero-order chi connectivity index (χ0) is 73.4. The summed E-state index contributed by atoms with van der Waals surface area (Å²) in [6.45, 7) is 7.26. The Bertz CT molecular complexity index is 2010. The van der Waals surface area contributed by atoms with Crippen LogP contribution in [0.25, 0.3) is 0 Å². The van der Waals surface area contributed by atoms with E-state index in [9.17, 15) is 43.2 Å². The lowest BCUT2D eigenvalue weighted by atomic mass is 9.99. The lowest BCUT2D eigenvalue weighted by Crippen LogP contribution is -2.30. The van der Waals surface area contributed by atoms with E-state index in [1.165, 1.54) is 212 Å². The van der Waals surface area contributed by atoms with E-state index in [2.05, 4.69) is 58.9 Å². The number of allylic oxidation sites excluding steroid dienone is 4. The maximum atomic E-state index is 13.1. The molecule has 0 aromatic heterocycles. The minimum absolute atomic E-state index is 0.102. The van der Waals surface area contributed by atoms with Gasteiger partial charge in [0.1, 0.15) is 19.3 Å². The third kappa shape index (κ3) is 72.5. The van der Waals surface area contributed by atoms with E-state index in [0.29, 0.717) is 25.7 Å². The van der Waals surface area contributed by atoms with E-state index >= 15 is 0 Å². The Hall–Kier alpha value is -2.46. The van der Waals surface area contributed by atoms with Crippen LogP contribution in [0.1, 0.15) is 407 Å². The van der Waals surface area contributed by atoms with Crippen LogP contribution in [0.5, 0.6) is 0 Å². The number of unbranched alkanes of at least 4 members (excludes halogenated alkanes) is 47. The highest BCUT2D eigenvalue weighted by Crippen LogP contribution is 2.45. The van der Waals surface area contributed by atoms with Crippen LogP contribution in [0.3, 0.4) is 0 Å². The van der Waals surface area contributed by atoms with Crippen molar-refractivity contribution in [2.45, 2.75) is 425 Å². The molecule has 6 atom stereocenters. The molecule has 0 aromatic carbocycles. The molecule has 0 radical (unpaired) electrons. The predicted molar refractivity (Wildman–Crippen MR) is 409 cm³/mol. The summed E-state index contributed by atoms with van der Waals surface area (Å²) in [4.78, 5) is 73.0. The van der Waals surface area contributed by atoms with Gasteiger partial charge < -0.3 is 33.8 Å². The monoisotopic (exact) mass is 1460 g/mol. The van der Waals surface area contributed by atoms with Gasteiger partial charge in [0.25, 0.3) is 0 Å². The minimum atomic E-state index is -4.97. The normalized spacial score (nSPS) is 14.3. The number of phosphoric ester groups is 2. The third-order valence-electron chi connectivity index (χ3n) is 18.8. The van der Waals surface area contributed by atoms with E-state index in [1.54, 1.807) is 0 Å². The van der Waals surface area contributed by atoms with Gasteiger partial charge in [-0.25, -0.2) is 9.13 Å². The van der Waals surface area contributed by atoms with Gasteiger partial charge in [0.2, 0.25) is 0 Å². The fraction of sp³-hybridized carbons (Fsp3) is 0.901. The molecule has 0 saturated carbocycles. The van der Waals surface area contributed by atoms with E-state index in [1.807, 2.05) is 0 Å². The van der Waals surface area contributed by atoms with Crippen molar-refractivity contribution < 1.29 is 80.2 Å². The molecular formula is C81H154O17P2. The van der Waals surface area contributed by atoms with Gasteiger partial charge in [0, 0.05) is 25.7 Å². The second-order valence-corrected chi connectivity index (χ2v) is 31.6. The number of rotatable bonds is 79. The number of carbonyl (C=O) groups is 4. The summed E-state index contributed by atoms with van der Waals surface area (Å²) in [6.07, 6.45) is 67.3. The molecule has 3 unspecified atom stereocenters. The lowest BCUT2D eigenvalue weighted by Gasteiger charge is -2.21. The number of esters is 4. The van der Waals surface area contributed by atoms with Gasteiger partial charge in [-0.3, -0.25) is 37.3 Å². The predicted octanol–water partition coefficient (Wildman–Crippen LogP) is 24.0. The molecule has 0 aromatic rings. The van der Waals surface area contributed by atoms with Crippen molar-refractivity contribution in [3.63, 3.8) is 0 Å². The van der Waals surface area contributed by atoms with Crippen LogP contribution in [0.15, 0.2) is 24.3 Å². The summed E-state index contributed by atoms with van der Waals surface area (Å²) in [6, 6.07) is 0. The molecule has 17 nitrogen and oxygen atoms in total. The first kappa shape index (κ1) is 97.5. The molecule has 3 N–H and O–H groups in total. The highest BCUT2D eigenvalue weighted by atomic mass is 31.2. The zero-order valence-corrected chi connectivity index (χ0v) is 66.6. The van der Waals surface area contributed by atoms with Gasteiger partial charge in [-0.15, -0.1) is 0 Å². The zero-order valence-electron chi connectivity index (χ0n) is 64.8. The van der Waals surface area contributed by atoms with Crippen LogP contribution in [0.2, 0.25) is 0 Å². The number of aliphatic hydroxyl groups is 1. The van der Waals surface area contributed by atoms with Gasteiger partial charge in [-0.1, -0.05) is 354 Å². The highest BCUT2D eigenvalue weighted by molar-refractivity contribution is 7.47. The first-order chi connectivity index (χ1) is 48.6. The Morgan fingerprint density at radius 1 is 0.320 bits per heavy atom. The van der Waals surface area contributed by atoms with Gasteiger partial charge in [-0.2, -0.15) is 0 Å². The van der Waals surface area contributed by atoms with Crippen molar-refractivity contribution in [2.75, 3.05) is 39.6 Å². The maximum Gasteiger partial charge on any atom is 0.472 e. The van der Waals surface area contributed by atoms with Crippen molar-refractivity contribution in [1.29, 1.82) is 0 Å². The second kappa shape index (κ2) is 73.4. The van der Waals surface area contributed by atoms with Crippen molar-refractivity contribution in [3.05, 3.63) is 24.3 Å². The molecule has 100 heavy (non-hydrogen) atoms.